The molecule has 2 N–H and O–H groups in total. The van der Waals surface area contributed by atoms with Gasteiger partial charge in [-0.15, -0.1) is 0 Å². The van der Waals surface area contributed by atoms with E-state index < -0.39 is 11.7 Å². The minimum absolute atomic E-state index is 0.0318. The van der Waals surface area contributed by atoms with E-state index in [-0.39, 0.29) is 40.7 Å². The molecular formula is C27H33F2N7O2. The van der Waals surface area contributed by atoms with Gasteiger partial charge in [0.15, 0.2) is 17.3 Å². The van der Waals surface area contributed by atoms with Gasteiger partial charge >= 0.3 is 11.7 Å². The summed E-state index contributed by atoms with van der Waals surface area (Å²) in [5.74, 6) is -3.09. The number of anilines is 1. The molecule has 202 valence electrons. The van der Waals surface area contributed by atoms with Gasteiger partial charge in [-0.2, -0.15) is 8.78 Å². The number of allylic oxidation sites excluding steroid dienone is 4. The van der Waals surface area contributed by atoms with Gasteiger partial charge in [-0.05, 0) is 57.3 Å². The van der Waals surface area contributed by atoms with E-state index in [0.29, 0.717) is 30.2 Å². The maximum absolute atomic E-state index is 16.2. The molecule has 3 aromatic heterocycles. The van der Waals surface area contributed by atoms with Gasteiger partial charge in [-0.25, -0.2) is 19.7 Å². The van der Waals surface area contributed by atoms with Gasteiger partial charge in [-0.3, -0.25) is 9.51 Å². The van der Waals surface area contributed by atoms with Crippen molar-refractivity contribution in [3.05, 3.63) is 40.2 Å². The van der Waals surface area contributed by atoms with E-state index in [1.165, 1.54) is 18.9 Å². The second-order valence-electron chi connectivity index (χ2n) is 10.9. The molecule has 0 radical (unpaired) electrons. The molecule has 3 aromatic rings. The molecule has 9 nitrogen and oxygen atoms in total. The fraction of sp³-hybridized carbons (Fsp3) is 0.593. The van der Waals surface area contributed by atoms with Crippen LogP contribution in [-0.4, -0.2) is 35.7 Å². The number of aromatic nitrogens is 6. The third-order valence-corrected chi connectivity index (χ3v) is 8.28. The summed E-state index contributed by atoms with van der Waals surface area (Å²) in [5.41, 5.74) is 0.565. The van der Waals surface area contributed by atoms with E-state index in [2.05, 4.69) is 41.9 Å². The lowest BCUT2D eigenvalue weighted by molar-refractivity contribution is 0.0269. The van der Waals surface area contributed by atoms with Crippen molar-refractivity contribution in [1.82, 2.24) is 29.7 Å². The highest BCUT2D eigenvalue weighted by Gasteiger charge is 2.42. The molecule has 38 heavy (non-hydrogen) atoms. The van der Waals surface area contributed by atoms with Crippen molar-refractivity contribution in [3.8, 4) is 11.6 Å². The number of rotatable bonds is 8. The first kappa shape index (κ1) is 24.9. The minimum Gasteiger partial charge on any atom is -0.365 e. The first-order valence-corrected chi connectivity index (χ1v) is 13.8. The zero-order valence-corrected chi connectivity index (χ0v) is 21.6. The molecule has 3 aliphatic rings. The summed E-state index contributed by atoms with van der Waals surface area (Å²) in [4.78, 5) is 27.7. The van der Waals surface area contributed by atoms with Gasteiger partial charge in [0.25, 0.3) is 0 Å². The van der Waals surface area contributed by atoms with Crippen LogP contribution in [0.2, 0.25) is 0 Å². The molecule has 2 saturated carbocycles. The molecule has 0 aromatic carbocycles. The Morgan fingerprint density at radius 2 is 1.95 bits per heavy atom. The van der Waals surface area contributed by atoms with Crippen LogP contribution in [0.5, 0.6) is 0 Å². The molecule has 3 aliphatic carbocycles. The Hall–Kier alpha value is -3.37. The van der Waals surface area contributed by atoms with Gasteiger partial charge in [0, 0.05) is 18.2 Å². The van der Waals surface area contributed by atoms with Crippen LogP contribution in [0.15, 0.2) is 33.1 Å². The van der Waals surface area contributed by atoms with Crippen molar-refractivity contribution in [2.24, 2.45) is 11.8 Å². The Balaban J connectivity index is 1.53. The number of alkyl halides is 2. The van der Waals surface area contributed by atoms with Crippen LogP contribution in [0.4, 0.5) is 14.6 Å². The SMILES string of the molecule is C[C@@H](Nc1nc(-c2noc(=O)[nH]2)nc2nc(C(F)(F)C3=CCCC=C3)n(CC3CCCCC3)c12)C1CCC1. The minimum atomic E-state index is -3.30. The Labute approximate surface area is 218 Å². The summed E-state index contributed by atoms with van der Waals surface area (Å²) in [6.45, 7) is 2.51. The fourth-order valence-corrected chi connectivity index (χ4v) is 5.86. The number of aromatic amines is 1. The number of hydrogen-bond acceptors (Lipinski definition) is 7. The van der Waals surface area contributed by atoms with Crippen LogP contribution in [0.3, 0.4) is 0 Å². The van der Waals surface area contributed by atoms with Gasteiger partial charge in [-0.1, -0.05) is 49.1 Å². The van der Waals surface area contributed by atoms with Crippen molar-refractivity contribution in [3.63, 3.8) is 0 Å². The Morgan fingerprint density at radius 3 is 2.61 bits per heavy atom. The van der Waals surface area contributed by atoms with Crippen molar-refractivity contribution in [2.75, 3.05) is 5.32 Å². The van der Waals surface area contributed by atoms with Crippen LogP contribution < -0.4 is 11.1 Å². The van der Waals surface area contributed by atoms with Crippen molar-refractivity contribution >= 4 is 17.0 Å². The van der Waals surface area contributed by atoms with Crippen LogP contribution >= 0.6 is 0 Å². The zero-order valence-electron chi connectivity index (χ0n) is 21.6. The molecule has 0 unspecified atom stereocenters. The first-order chi connectivity index (χ1) is 18.4. The summed E-state index contributed by atoms with van der Waals surface area (Å²) < 4.78 is 38.6. The number of halogens is 2. The predicted octanol–water partition coefficient (Wildman–Crippen LogP) is 5.72. The lowest BCUT2D eigenvalue weighted by atomic mass is 9.80. The molecule has 3 heterocycles. The quantitative estimate of drug-likeness (QED) is 0.387. The maximum Gasteiger partial charge on any atom is 0.439 e. The molecule has 2 fully saturated rings. The number of fused-ring (bicyclic) bond motifs is 1. The highest BCUT2D eigenvalue weighted by atomic mass is 19.3. The van der Waals surface area contributed by atoms with E-state index >= 15 is 8.78 Å². The largest absolute Gasteiger partial charge is 0.439 e. The van der Waals surface area contributed by atoms with E-state index in [1.54, 1.807) is 16.7 Å². The van der Waals surface area contributed by atoms with Crippen molar-refractivity contribution in [2.45, 2.75) is 89.6 Å². The molecule has 1 atom stereocenters. The number of imidazole rings is 1. The van der Waals surface area contributed by atoms with Crippen molar-refractivity contribution < 1.29 is 13.3 Å². The Kier molecular flexibility index (Phi) is 6.61. The Morgan fingerprint density at radius 1 is 1.13 bits per heavy atom. The van der Waals surface area contributed by atoms with Crippen LogP contribution in [-0.2, 0) is 12.5 Å². The average molecular weight is 526 g/mol. The molecule has 6 rings (SSSR count). The standard InChI is InChI=1S/C27H33F2N7O2/c1-16(18-11-8-12-18)30-21-20-22(32-23(31-21)24-34-26(37)38-35-24)33-25(27(28,29)19-13-6-3-7-14-19)36(20)15-17-9-4-2-5-10-17/h6,13-14,16-18H,2-5,7-12,15H2,1H3,(H,30,31,32)(H,34,35,37)/t16-/m1/s1. The molecular weight excluding hydrogens is 492 g/mol. The zero-order chi connectivity index (χ0) is 26.3. The van der Waals surface area contributed by atoms with Gasteiger partial charge in [0.2, 0.25) is 11.6 Å². The second-order valence-corrected chi connectivity index (χ2v) is 10.9. The predicted molar refractivity (Wildman–Crippen MR) is 139 cm³/mol. The fourth-order valence-electron chi connectivity index (χ4n) is 5.86. The normalized spacial score (nSPS) is 19.9. The monoisotopic (exact) mass is 525 g/mol. The third kappa shape index (κ3) is 4.67. The van der Waals surface area contributed by atoms with Crippen LogP contribution in [0.1, 0.15) is 77.0 Å². The van der Waals surface area contributed by atoms with Crippen LogP contribution in [0, 0.1) is 11.8 Å². The molecule has 0 spiro atoms. The number of nitrogens with one attached hydrogen (secondary N) is 2. The highest BCUT2D eigenvalue weighted by molar-refractivity contribution is 5.86. The van der Waals surface area contributed by atoms with E-state index in [0.717, 1.165) is 44.9 Å². The average Bonchev–Trinajstić information content (AvgIpc) is 3.48. The molecule has 0 saturated heterocycles. The van der Waals surface area contributed by atoms with Gasteiger partial charge < -0.3 is 9.88 Å². The summed E-state index contributed by atoms with van der Waals surface area (Å²) in [5, 5.41) is 7.21. The summed E-state index contributed by atoms with van der Waals surface area (Å²) in [6, 6.07) is 0.0806. The van der Waals surface area contributed by atoms with Crippen molar-refractivity contribution in [1.29, 1.82) is 0 Å². The summed E-state index contributed by atoms with van der Waals surface area (Å²) in [7, 11) is 0. The molecule has 11 heteroatoms. The topological polar surface area (TPSA) is 115 Å². The molecule has 0 aliphatic heterocycles. The second kappa shape index (κ2) is 10.1. The number of hydrogen-bond donors (Lipinski definition) is 2. The molecule has 0 amide bonds. The lowest BCUT2D eigenvalue weighted by Gasteiger charge is -2.32. The van der Waals surface area contributed by atoms with E-state index in [1.807, 2.05) is 0 Å². The van der Waals surface area contributed by atoms with Crippen LogP contribution in [0.25, 0.3) is 22.8 Å². The smallest absolute Gasteiger partial charge is 0.365 e. The molecule has 0 bridgehead atoms. The third-order valence-electron chi connectivity index (χ3n) is 8.28. The van der Waals surface area contributed by atoms with Gasteiger partial charge in [0.1, 0.15) is 5.52 Å². The number of H-pyrrole nitrogens is 1. The van der Waals surface area contributed by atoms with E-state index in [9.17, 15) is 4.79 Å². The number of nitrogens with zero attached hydrogens (tertiary/aromatic N) is 5. The lowest BCUT2D eigenvalue weighted by Crippen LogP contribution is -2.31. The first-order valence-electron chi connectivity index (χ1n) is 13.8. The highest BCUT2D eigenvalue weighted by Crippen LogP contribution is 2.41. The Bertz CT molecular complexity index is 1430. The summed E-state index contributed by atoms with van der Waals surface area (Å²) >= 11 is 0. The van der Waals surface area contributed by atoms with Gasteiger partial charge in [0.05, 0.1) is 0 Å². The summed E-state index contributed by atoms with van der Waals surface area (Å²) in [6.07, 6.45) is 15.0. The maximum atomic E-state index is 16.2. The van der Waals surface area contributed by atoms with E-state index in [4.69, 9.17) is 0 Å².